The third kappa shape index (κ3) is 8.35. The Balaban J connectivity index is 2.38. The maximum Gasteiger partial charge on any atom is 0.341 e. The van der Waals surface area contributed by atoms with Gasteiger partial charge in [-0.15, -0.1) is 0 Å². The molecule has 1 heterocycles. The molecule has 9 nitrogen and oxygen atoms in total. The Morgan fingerprint density at radius 1 is 1.36 bits per heavy atom. The third-order valence-electron chi connectivity index (χ3n) is 2.45. The molecule has 1 fully saturated rings. The predicted molar refractivity (Wildman–Crippen MR) is 69.9 cm³/mol. The number of carbonyl (C=O) groups is 3. The van der Waals surface area contributed by atoms with E-state index in [1.807, 2.05) is 0 Å². The molecular weight excluding hydrogens is 300 g/mol. The summed E-state index contributed by atoms with van der Waals surface area (Å²) < 4.78 is 19.4. The van der Waals surface area contributed by atoms with Crippen LogP contribution in [0.5, 0.6) is 0 Å². The average Bonchev–Trinajstić information content (AvgIpc) is 3.27. The van der Waals surface area contributed by atoms with Crippen molar-refractivity contribution < 1.29 is 43.5 Å². The lowest BCUT2D eigenvalue weighted by Gasteiger charge is -2.12. The minimum Gasteiger partial charge on any atom is -0.489 e. The molecule has 0 bridgehead atoms. The first-order valence-corrected chi connectivity index (χ1v) is 6.53. The number of hydrogen-bond donors (Lipinski definition) is 2. The van der Waals surface area contributed by atoms with Gasteiger partial charge in [0.1, 0.15) is 25.6 Å². The van der Waals surface area contributed by atoms with Crippen molar-refractivity contribution in [2.24, 2.45) is 0 Å². The molecule has 124 valence electrons. The molecule has 0 spiro atoms. The number of aliphatic hydroxyl groups is 1. The molecule has 0 saturated carbocycles. The lowest BCUT2D eigenvalue weighted by Crippen LogP contribution is -2.25. The van der Waals surface area contributed by atoms with E-state index >= 15 is 0 Å². The topological polar surface area (TPSA) is 132 Å². The van der Waals surface area contributed by atoms with E-state index in [1.165, 1.54) is 0 Å². The Bertz CT molecular complexity index is 414. The summed E-state index contributed by atoms with van der Waals surface area (Å²) in [6.07, 6.45) is 0.605. The maximum atomic E-state index is 11.8. The monoisotopic (exact) mass is 318 g/mol. The number of carboxylic acids is 1. The molecule has 9 heteroatoms. The van der Waals surface area contributed by atoms with Gasteiger partial charge in [0.2, 0.25) is 0 Å². The second-order valence-electron chi connectivity index (χ2n) is 4.46. The molecule has 0 aromatic carbocycles. The number of rotatable bonds is 12. The number of aldehydes is 1. The van der Waals surface area contributed by atoms with Crippen LogP contribution in [-0.4, -0.2) is 73.7 Å². The van der Waals surface area contributed by atoms with E-state index in [2.05, 4.69) is 0 Å². The van der Waals surface area contributed by atoms with Gasteiger partial charge in [-0.05, 0) is 0 Å². The summed E-state index contributed by atoms with van der Waals surface area (Å²) in [6.45, 7) is -0.694. The van der Waals surface area contributed by atoms with Crippen LogP contribution in [-0.2, 0) is 33.3 Å². The summed E-state index contributed by atoms with van der Waals surface area (Å²) in [6, 6.07) is 0. The van der Waals surface area contributed by atoms with Crippen LogP contribution in [0.4, 0.5) is 0 Å². The van der Waals surface area contributed by atoms with Gasteiger partial charge in [0, 0.05) is 6.42 Å². The number of hydrogen-bond acceptors (Lipinski definition) is 8. The number of esters is 1. The zero-order chi connectivity index (χ0) is 16.4. The Morgan fingerprint density at radius 2 is 2.09 bits per heavy atom. The van der Waals surface area contributed by atoms with E-state index in [4.69, 9.17) is 24.1 Å². The second kappa shape index (κ2) is 9.87. The second-order valence-corrected chi connectivity index (χ2v) is 4.46. The molecule has 0 radical (unpaired) electrons. The van der Waals surface area contributed by atoms with Crippen LogP contribution < -0.4 is 0 Å². The molecule has 22 heavy (non-hydrogen) atoms. The highest BCUT2D eigenvalue weighted by atomic mass is 16.6. The Kier molecular flexibility index (Phi) is 8.11. The van der Waals surface area contributed by atoms with Crippen molar-refractivity contribution in [3.8, 4) is 0 Å². The first kappa shape index (κ1) is 18.1. The molecule has 0 aliphatic carbocycles. The van der Waals surface area contributed by atoms with Crippen LogP contribution >= 0.6 is 0 Å². The molecule has 0 aromatic rings. The van der Waals surface area contributed by atoms with Gasteiger partial charge in [-0.1, -0.05) is 0 Å². The number of aliphatic carboxylic acids is 1. The third-order valence-corrected chi connectivity index (χ3v) is 2.45. The molecule has 0 aromatic heterocycles. The van der Waals surface area contributed by atoms with Gasteiger partial charge in [0.15, 0.2) is 6.61 Å². The van der Waals surface area contributed by atoms with E-state index in [0.29, 0.717) is 12.9 Å². The molecule has 1 aliphatic rings. The standard InChI is InChI=1S/C13H18O9/c14-1-2-19-5-10(15)6-22-13(18)9(3-11-7-21-11)4-20-8-12(16)17/h1,4,10-11,15H,2-3,5-8H2,(H,16,17). The summed E-state index contributed by atoms with van der Waals surface area (Å²) in [5, 5.41) is 17.9. The lowest BCUT2D eigenvalue weighted by atomic mass is 10.2. The highest BCUT2D eigenvalue weighted by Crippen LogP contribution is 2.20. The van der Waals surface area contributed by atoms with Crippen LogP contribution in [0, 0.1) is 0 Å². The van der Waals surface area contributed by atoms with Crippen molar-refractivity contribution in [2.75, 3.05) is 33.0 Å². The molecule has 2 atom stereocenters. The van der Waals surface area contributed by atoms with Crippen LogP contribution in [0.25, 0.3) is 0 Å². The summed E-state index contributed by atoms with van der Waals surface area (Å²) in [5.74, 6) is -1.91. The molecule has 1 rings (SSSR count). The van der Waals surface area contributed by atoms with Crippen LogP contribution in [0.2, 0.25) is 0 Å². The first-order valence-electron chi connectivity index (χ1n) is 6.53. The van der Waals surface area contributed by atoms with Crippen molar-refractivity contribution >= 4 is 18.2 Å². The molecular formula is C13H18O9. The van der Waals surface area contributed by atoms with Gasteiger partial charge >= 0.3 is 11.9 Å². The van der Waals surface area contributed by atoms with Gasteiger partial charge in [-0.25, -0.2) is 9.59 Å². The molecule has 0 amide bonds. The fraction of sp³-hybridized carbons (Fsp3) is 0.615. The Labute approximate surface area is 126 Å². The van der Waals surface area contributed by atoms with E-state index in [9.17, 15) is 19.5 Å². The minimum absolute atomic E-state index is 0.116. The van der Waals surface area contributed by atoms with Gasteiger partial charge in [0.05, 0.1) is 31.2 Å². The fourth-order valence-electron chi connectivity index (χ4n) is 1.39. The SMILES string of the molecule is O=CCOCC(O)COC(=O)C(=COCC(=O)O)CC1CO1. The Morgan fingerprint density at radius 3 is 2.68 bits per heavy atom. The van der Waals surface area contributed by atoms with Gasteiger partial charge in [-0.2, -0.15) is 0 Å². The van der Waals surface area contributed by atoms with Crippen LogP contribution in [0.15, 0.2) is 11.8 Å². The zero-order valence-corrected chi connectivity index (χ0v) is 11.8. The first-order chi connectivity index (χ1) is 10.5. The van der Waals surface area contributed by atoms with Crippen molar-refractivity contribution in [3.63, 3.8) is 0 Å². The smallest absolute Gasteiger partial charge is 0.341 e. The predicted octanol–water partition coefficient (Wildman–Crippen LogP) is -1.12. The normalized spacial score (nSPS) is 18.4. The van der Waals surface area contributed by atoms with Gasteiger partial charge in [-0.3, -0.25) is 0 Å². The number of aliphatic hydroxyl groups excluding tert-OH is 1. The molecule has 2 N–H and O–H groups in total. The fourth-order valence-corrected chi connectivity index (χ4v) is 1.39. The number of epoxide rings is 1. The van der Waals surface area contributed by atoms with Gasteiger partial charge in [0.25, 0.3) is 0 Å². The average molecular weight is 318 g/mol. The quantitative estimate of drug-likeness (QED) is 0.115. The number of carboxylic acid groups (broad SMARTS) is 1. The number of ether oxygens (including phenoxy) is 4. The van der Waals surface area contributed by atoms with Crippen molar-refractivity contribution in [1.29, 1.82) is 0 Å². The van der Waals surface area contributed by atoms with E-state index in [0.717, 1.165) is 6.26 Å². The van der Waals surface area contributed by atoms with Crippen molar-refractivity contribution in [1.82, 2.24) is 0 Å². The van der Waals surface area contributed by atoms with Crippen LogP contribution in [0.1, 0.15) is 6.42 Å². The molecule has 1 aliphatic heterocycles. The lowest BCUT2D eigenvalue weighted by molar-refractivity contribution is -0.144. The van der Waals surface area contributed by atoms with E-state index in [-0.39, 0.29) is 37.9 Å². The highest BCUT2D eigenvalue weighted by molar-refractivity contribution is 5.88. The summed E-state index contributed by atoms with van der Waals surface area (Å²) in [7, 11) is 0. The summed E-state index contributed by atoms with van der Waals surface area (Å²) >= 11 is 0. The van der Waals surface area contributed by atoms with Crippen molar-refractivity contribution in [2.45, 2.75) is 18.6 Å². The van der Waals surface area contributed by atoms with Gasteiger partial charge < -0.3 is 34.0 Å². The largest absolute Gasteiger partial charge is 0.489 e. The number of carbonyl (C=O) groups excluding carboxylic acids is 2. The maximum absolute atomic E-state index is 11.8. The zero-order valence-electron chi connectivity index (χ0n) is 11.8. The highest BCUT2D eigenvalue weighted by Gasteiger charge is 2.27. The minimum atomic E-state index is -1.17. The van der Waals surface area contributed by atoms with E-state index in [1.54, 1.807) is 0 Å². The summed E-state index contributed by atoms with van der Waals surface area (Å²) in [4.78, 5) is 32.2. The summed E-state index contributed by atoms with van der Waals surface area (Å²) in [5.41, 5.74) is 0.116. The van der Waals surface area contributed by atoms with Crippen LogP contribution in [0.3, 0.4) is 0 Å². The Hall–Kier alpha value is -1.97. The van der Waals surface area contributed by atoms with Crippen molar-refractivity contribution in [3.05, 3.63) is 11.8 Å². The van der Waals surface area contributed by atoms with E-state index < -0.39 is 24.6 Å². The molecule has 2 unspecified atom stereocenters. The molecule has 1 saturated heterocycles.